The molecule has 0 aromatic heterocycles. The van der Waals surface area contributed by atoms with Crippen LogP contribution in [0.3, 0.4) is 0 Å². The van der Waals surface area contributed by atoms with Gasteiger partial charge in [0.2, 0.25) is 0 Å². The summed E-state index contributed by atoms with van der Waals surface area (Å²) >= 11 is 0. The summed E-state index contributed by atoms with van der Waals surface area (Å²) in [5, 5.41) is 5.25. The van der Waals surface area contributed by atoms with Crippen molar-refractivity contribution in [1.82, 2.24) is 0 Å². The summed E-state index contributed by atoms with van der Waals surface area (Å²) in [4.78, 5) is 0. The second-order valence-electron chi connectivity index (χ2n) is 9.96. The van der Waals surface area contributed by atoms with Gasteiger partial charge in [-0.25, -0.2) is 0 Å². The average Bonchev–Trinajstić information content (AvgIpc) is 3.10. The monoisotopic (exact) mass is 422 g/mol. The third-order valence-electron chi connectivity index (χ3n) is 5.52. The maximum atomic E-state index is 2.48. The quantitative estimate of drug-likeness (QED) is 0.434. The first-order valence-electron chi connectivity index (χ1n) is 10.7. The van der Waals surface area contributed by atoms with E-state index >= 15 is 0 Å². The highest BCUT2D eigenvalue weighted by atomic mass is 31.1. The maximum Gasteiger partial charge on any atom is 0.00968 e. The Bertz CT molecular complexity index is 797. The zero-order chi connectivity index (χ0) is 21.2. The van der Waals surface area contributed by atoms with Crippen molar-refractivity contribution in [3.63, 3.8) is 0 Å². The van der Waals surface area contributed by atoms with Crippen LogP contribution >= 0.6 is 15.8 Å². The Morgan fingerprint density at radius 2 is 1.17 bits per heavy atom. The minimum Gasteiger partial charge on any atom is -0.0763 e. The molecule has 0 saturated heterocycles. The van der Waals surface area contributed by atoms with Gasteiger partial charge >= 0.3 is 0 Å². The fourth-order valence-electron chi connectivity index (χ4n) is 4.85. The highest BCUT2D eigenvalue weighted by molar-refractivity contribution is 7.73. The number of hydrogen-bond donors (Lipinski definition) is 0. The molecule has 29 heavy (non-hydrogen) atoms. The molecule has 3 rings (SSSR count). The molecule has 0 amide bonds. The van der Waals surface area contributed by atoms with Gasteiger partial charge in [-0.3, -0.25) is 0 Å². The molecule has 154 valence electrons. The van der Waals surface area contributed by atoms with Crippen LogP contribution in [-0.4, -0.2) is 16.0 Å². The minimum atomic E-state index is -0.428. The van der Waals surface area contributed by atoms with Crippen molar-refractivity contribution in [3.05, 3.63) is 84.2 Å². The molecule has 1 aliphatic carbocycles. The van der Waals surface area contributed by atoms with Crippen molar-refractivity contribution >= 4 is 26.5 Å². The van der Waals surface area contributed by atoms with E-state index in [9.17, 15) is 0 Å². The number of benzene rings is 2. The first-order chi connectivity index (χ1) is 13.6. The minimum absolute atomic E-state index is 0.269. The molecule has 2 heteroatoms. The van der Waals surface area contributed by atoms with Crippen LogP contribution in [0, 0.1) is 5.92 Å². The lowest BCUT2D eigenvalue weighted by Crippen LogP contribution is -2.31. The summed E-state index contributed by atoms with van der Waals surface area (Å²) in [6.07, 6.45) is 7.26. The Morgan fingerprint density at radius 3 is 1.59 bits per heavy atom. The predicted molar refractivity (Wildman–Crippen MR) is 136 cm³/mol. The van der Waals surface area contributed by atoms with Crippen LogP contribution in [0.2, 0.25) is 0 Å². The molecule has 0 N–H and O–H groups in total. The van der Waals surface area contributed by atoms with E-state index in [4.69, 9.17) is 0 Å². The van der Waals surface area contributed by atoms with Crippen molar-refractivity contribution < 1.29 is 0 Å². The van der Waals surface area contributed by atoms with Gasteiger partial charge in [-0.1, -0.05) is 135 Å². The lowest BCUT2D eigenvalue weighted by atomic mass is 10.1. The van der Waals surface area contributed by atoms with Crippen LogP contribution in [0.25, 0.3) is 0 Å². The third kappa shape index (κ3) is 5.10. The van der Waals surface area contributed by atoms with E-state index in [1.807, 2.05) is 0 Å². The molecule has 0 nitrogen and oxygen atoms in total. The predicted octanol–water partition coefficient (Wildman–Crippen LogP) is 7.66. The van der Waals surface area contributed by atoms with Gasteiger partial charge in [0.25, 0.3) is 0 Å². The molecule has 0 spiro atoms. The molecule has 2 aromatic carbocycles. The van der Waals surface area contributed by atoms with Crippen LogP contribution in [0.15, 0.2) is 84.2 Å². The Kier molecular flexibility index (Phi) is 6.88. The third-order valence-corrected chi connectivity index (χ3v) is 12.0. The van der Waals surface area contributed by atoms with Gasteiger partial charge in [0, 0.05) is 5.92 Å². The van der Waals surface area contributed by atoms with Crippen molar-refractivity contribution in [2.45, 2.75) is 64.4 Å². The van der Waals surface area contributed by atoms with Gasteiger partial charge in [-0.2, -0.15) is 0 Å². The zero-order valence-corrected chi connectivity index (χ0v) is 20.8. The Hall–Kier alpha value is -1.22. The highest BCUT2D eigenvalue weighted by Crippen LogP contribution is 2.68. The van der Waals surface area contributed by atoms with E-state index in [0.717, 1.165) is 0 Å². The molecule has 0 heterocycles. The Balaban J connectivity index is 2.03. The molecule has 1 aliphatic rings. The average molecular weight is 423 g/mol. The van der Waals surface area contributed by atoms with E-state index in [0.29, 0.717) is 21.9 Å². The van der Waals surface area contributed by atoms with Crippen LogP contribution in [0.5, 0.6) is 0 Å². The molecule has 2 atom stereocenters. The van der Waals surface area contributed by atoms with Gasteiger partial charge in [0.1, 0.15) is 0 Å². The first-order valence-corrected chi connectivity index (χ1v) is 13.4. The fraction of sp³-hybridized carbons (Fsp3) is 0.407. The SMILES string of the molecule is CC(C1C=CC=C1P(C(C)(C)C)C(C)(C)C)P(c1ccccc1)c1ccccc1. The summed E-state index contributed by atoms with van der Waals surface area (Å²) in [6, 6.07) is 22.3. The van der Waals surface area contributed by atoms with Crippen molar-refractivity contribution in [1.29, 1.82) is 0 Å². The van der Waals surface area contributed by atoms with Gasteiger partial charge in [0.15, 0.2) is 0 Å². The summed E-state index contributed by atoms with van der Waals surface area (Å²) in [5.41, 5.74) is 0.564. The molecular formula is C27H36P2. The number of hydrogen-bond acceptors (Lipinski definition) is 0. The van der Waals surface area contributed by atoms with Crippen LogP contribution < -0.4 is 10.6 Å². The lowest BCUT2D eigenvalue weighted by molar-refractivity contribution is 0.694. The fourth-order valence-corrected chi connectivity index (χ4v) is 12.2. The number of rotatable bonds is 5. The largest absolute Gasteiger partial charge is 0.0763 e. The molecule has 2 aromatic rings. The number of allylic oxidation sites excluding steroid dienone is 4. The van der Waals surface area contributed by atoms with Crippen LogP contribution in [-0.2, 0) is 0 Å². The lowest BCUT2D eigenvalue weighted by Gasteiger charge is -2.45. The highest BCUT2D eigenvalue weighted by Gasteiger charge is 2.42. The van der Waals surface area contributed by atoms with E-state index < -0.39 is 7.92 Å². The summed E-state index contributed by atoms with van der Waals surface area (Å²) < 4.78 is 0. The van der Waals surface area contributed by atoms with Gasteiger partial charge in [-0.15, -0.1) is 0 Å². The smallest absolute Gasteiger partial charge is 0.00968 e. The molecule has 0 aliphatic heterocycles. The van der Waals surface area contributed by atoms with Gasteiger partial charge in [-0.05, 0) is 39.8 Å². The van der Waals surface area contributed by atoms with Gasteiger partial charge < -0.3 is 0 Å². The molecule has 2 unspecified atom stereocenters. The first kappa shape index (κ1) is 22.5. The van der Waals surface area contributed by atoms with Gasteiger partial charge in [0.05, 0.1) is 0 Å². The summed E-state index contributed by atoms with van der Waals surface area (Å²) in [6.45, 7) is 17.1. The molecule has 0 fully saturated rings. The van der Waals surface area contributed by atoms with Crippen LogP contribution in [0.4, 0.5) is 0 Å². The topological polar surface area (TPSA) is 0 Å². The Morgan fingerprint density at radius 1 is 0.724 bits per heavy atom. The molecule has 0 saturated carbocycles. The summed E-state index contributed by atoms with van der Waals surface area (Å²) in [7, 11) is -0.697. The van der Waals surface area contributed by atoms with E-state index in [1.165, 1.54) is 10.6 Å². The second kappa shape index (κ2) is 8.88. The van der Waals surface area contributed by atoms with Crippen molar-refractivity contribution in [3.8, 4) is 0 Å². The molecule has 0 bridgehead atoms. The van der Waals surface area contributed by atoms with Crippen LogP contribution in [0.1, 0.15) is 48.5 Å². The maximum absolute atomic E-state index is 2.48. The molecular weight excluding hydrogens is 386 g/mol. The van der Waals surface area contributed by atoms with Crippen molar-refractivity contribution in [2.24, 2.45) is 5.92 Å². The molecule has 0 radical (unpaired) electrons. The second-order valence-corrected chi connectivity index (χ2v) is 16.4. The normalized spacial score (nSPS) is 18.4. The summed E-state index contributed by atoms with van der Waals surface area (Å²) in [5.74, 6) is 0.520. The van der Waals surface area contributed by atoms with E-state index in [-0.39, 0.29) is 7.92 Å². The van der Waals surface area contributed by atoms with Crippen molar-refractivity contribution in [2.75, 3.05) is 0 Å². The Labute approximate surface area is 181 Å². The van der Waals surface area contributed by atoms with E-state index in [1.54, 1.807) is 5.31 Å². The zero-order valence-electron chi connectivity index (χ0n) is 19.1. The standard InChI is InChI=1S/C27H36P2/c1-21(24-19-14-20-25(24)29(26(2,3)4)27(5,6)7)28(22-15-10-8-11-16-22)23-17-12-9-13-18-23/h8-21,24H,1-7H3. The van der Waals surface area contributed by atoms with E-state index in [2.05, 4.69) is 127 Å².